The molecular weight excluding hydrogens is 236 g/mol. The molecule has 102 valence electrons. The van der Waals surface area contributed by atoms with E-state index in [2.05, 4.69) is 6.07 Å². The first-order valence-corrected chi connectivity index (χ1v) is 7.66. The molecular formula is C17H22O2. The summed E-state index contributed by atoms with van der Waals surface area (Å²) in [5.41, 5.74) is 2.10. The number of aryl methyl sites for hydroxylation is 1. The molecule has 0 heterocycles. The first-order valence-electron chi connectivity index (χ1n) is 7.66. The zero-order chi connectivity index (χ0) is 13.1. The standard InChI is InChI=1S/C17H22O2/c18-17-9-5-6-13-10-11-15(12-16(13)17)19-14-7-3-1-2-4-8-14/h10-12,14H,1-9H2. The molecule has 0 unspecified atom stereocenters. The molecule has 1 aromatic carbocycles. The molecule has 2 aliphatic carbocycles. The Bertz CT molecular complexity index is 456. The molecule has 2 aliphatic rings. The van der Waals surface area contributed by atoms with Crippen LogP contribution in [0, 0.1) is 0 Å². The predicted octanol–water partition coefficient (Wildman–Crippen LogP) is 4.31. The van der Waals surface area contributed by atoms with Gasteiger partial charge in [-0.1, -0.05) is 18.9 Å². The van der Waals surface area contributed by atoms with Crippen LogP contribution in [0.4, 0.5) is 0 Å². The van der Waals surface area contributed by atoms with Crippen molar-refractivity contribution < 1.29 is 9.53 Å². The number of benzene rings is 1. The Hall–Kier alpha value is -1.31. The zero-order valence-electron chi connectivity index (χ0n) is 11.5. The monoisotopic (exact) mass is 258 g/mol. The smallest absolute Gasteiger partial charge is 0.163 e. The number of rotatable bonds is 2. The maximum atomic E-state index is 11.9. The third-order valence-corrected chi connectivity index (χ3v) is 4.34. The number of ether oxygens (including phenoxy) is 1. The van der Waals surface area contributed by atoms with Crippen LogP contribution in [0.2, 0.25) is 0 Å². The molecule has 2 heteroatoms. The third kappa shape index (κ3) is 2.99. The lowest BCUT2D eigenvalue weighted by Gasteiger charge is -2.20. The number of hydrogen-bond acceptors (Lipinski definition) is 2. The van der Waals surface area contributed by atoms with Crippen LogP contribution >= 0.6 is 0 Å². The fourth-order valence-corrected chi connectivity index (χ4v) is 3.23. The quantitative estimate of drug-likeness (QED) is 0.739. The Labute approximate surface area is 115 Å². The van der Waals surface area contributed by atoms with Crippen molar-refractivity contribution in [3.63, 3.8) is 0 Å². The van der Waals surface area contributed by atoms with Crippen LogP contribution < -0.4 is 4.74 Å². The number of hydrogen-bond donors (Lipinski definition) is 0. The highest BCUT2D eigenvalue weighted by Crippen LogP contribution is 2.28. The lowest BCUT2D eigenvalue weighted by atomic mass is 9.90. The Morgan fingerprint density at radius 1 is 0.947 bits per heavy atom. The topological polar surface area (TPSA) is 26.3 Å². The van der Waals surface area contributed by atoms with Gasteiger partial charge < -0.3 is 4.74 Å². The Morgan fingerprint density at radius 3 is 2.53 bits per heavy atom. The number of Topliss-reactive ketones (excluding diaryl/α,β-unsaturated/α-hetero) is 1. The average molecular weight is 258 g/mol. The fourth-order valence-electron chi connectivity index (χ4n) is 3.23. The molecule has 0 N–H and O–H groups in total. The van der Waals surface area contributed by atoms with Gasteiger partial charge in [0.2, 0.25) is 0 Å². The van der Waals surface area contributed by atoms with E-state index in [4.69, 9.17) is 4.74 Å². The normalized spacial score (nSPS) is 20.7. The van der Waals surface area contributed by atoms with Gasteiger partial charge in [0, 0.05) is 12.0 Å². The molecule has 0 amide bonds. The second-order valence-electron chi connectivity index (χ2n) is 5.83. The Balaban J connectivity index is 1.74. The van der Waals surface area contributed by atoms with Gasteiger partial charge in [-0.3, -0.25) is 4.79 Å². The highest BCUT2D eigenvalue weighted by atomic mass is 16.5. The van der Waals surface area contributed by atoms with Gasteiger partial charge >= 0.3 is 0 Å². The molecule has 0 aliphatic heterocycles. The van der Waals surface area contributed by atoms with Gasteiger partial charge in [-0.15, -0.1) is 0 Å². The molecule has 0 spiro atoms. The van der Waals surface area contributed by atoms with Gasteiger partial charge in [-0.25, -0.2) is 0 Å². The van der Waals surface area contributed by atoms with Crippen molar-refractivity contribution in [2.24, 2.45) is 0 Å². The molecule has 1 saturated carbocycles. The first-order chi connectivity index (χ1) is 9.33. The van der Waals surface area contributed by atoms with Crippen molar-refractivity contribution >= 4 is 5.78 Å². The maximum Gasteiger partial charge on any atom is 0.163 e. The summed E-state index contributed by atoms with van der Waals surface area (Å²) in [7, 11) is 0. The van der Waals surface area contributed by atoms with Crippen LogP contribution in [0.5, 0.6) is 5.75 Å². The van der Waals surface area contributed by atoms with Crippen molar-refractivity contribution in [3.8, 4) is 5.75 Å². The minimum Gasteiger partial charge on any atom is -0.490 e. The van der Waals surface area contributed by atoms with Gasteiger partial charge in [0.25, 0.3) is 0 Å². The molecule has 0 atom stereocenters. The second-order valence-corrected chi connectivity index (χ2v) is 5.83. The van der Waals surface area contributed by atoms with Gasteiger partial charge in [0.1, 0.15) is 5.75 Å². The van der Waals surface area contributed by atoms with Crippen molar-refractivity contribution in [2.45, 2.75) is 63.9 Å². The van der Waals surface area contributed by atoms with Crippen LogP contribution in [0.3, 0.4) is 0 Å². The summed E-state index contributed by atoms with van der Waals surface area (Å²) in [5.74, 6) is 1.17. The molecule has 1 fully saturated rings. The van der Waals surface area contributed by atoms with Crippen molar-refractivity contribution in [1.29, 1.82) is 0 Å². The molecule has 1 aromatic rings. The summed E-state index contributed by atoms with van der Waals surface area (Å²) in [6.45, 7) is 0. The van der Waals surface area contributed by atoms with E-state index in [9.17, 15) is 4.79 Å². The van der Waals surface area contributed by atoms with E-state index in [0.717, 1.165) is 37.0 Å². The van der Waals surface area contributed by atoms with Gasteiger partial charge in [0.05, 0.1) is 6.10 Å². The van der Waals surface area contributed by atoms with E-state index in [0.29, 0.717) is 12.5 Å². The Kier molecular flexibility index (Phi) is 3.86. The van der Waals surface area contributed by atoms with Gasteiger partial charge in [0.15, 0.2) is 5.78 Å². The molecule has 3 rings (SSSR count). The van der Waals surface area contributed by atoms with Gasteiger partial charge in [-0.2, -0.15) is 0 Å². The zero-order valence-corrected chi connectivity index (χ0v) is 11.5. The fraction of sp³-hybridized carbons (Fsp3) is 0.588. The summed E-state index contributed by atoms with van der Waals surface area (Å²) in [4.78, 5) is 11.9. The highest BCUT2D eigenvalue weighted by molar-refractivity contribution is 5.98. The second kappa shape index (κ2) is 5.77. The minimum absolute atomic E-state index is 0.285. The summed E-state index contributed by atoms with van der Waals surface area (Å²) >= 11 is 0. The first kappa shape index (κ1) is 12.7. The van der Waals surface area contributed by atoms with E-state index in [1.807, 2.05) is 12.1 Å². The summed E-state index contributed by atoms with van der Waals surface area (Å²) in [6, 6.07) is 6.10. The van der Waals surface area contributed by atoms with Gasteiger partial charge in [-0.05, 0) is 56.2 Å². The average Bonchev–Trinajstić information content (AvgIpc) is 2.68. The number of carbonyl (C=O) groups is 1. The van der Waals surface area contributed by atoms with E-state index in [-0.39, 0.29) is 5.78 Å². The van der Waals surface area contributed by atoms with Crippen LogP contribution in [0.1, 0.15) is 67.3 Å². The largest absolute Gasteiger partial charge is 0.490 e. The summed E-state index contributed by atoms with van der Waals surface area (Å²) in [5, 5.41) is 0. The predicted molar refractivity (Wildman–Crippen MR) is 75.8 cm³/mol. The number of ketones is 1. The van der Waals surface area contributed by atoms with Crippen LogP contribution in [-0.4, -0.2) is 11.9 Å². The molecule has 0 bridgehead atoms. The van der Waals surface area contributed by atoms with Crippen molar-refractivity contribution in [2.75, 3.05) is 0 Å². The van der Waals surface area contributed by atoms with Crippen molar-refractivity contribution in [3.05, 3.63) is 29.3 Å². The summed E-state index contributed by atoms with van der Waals surface area (Å²) < 4.78 is 6.10. The summed E-state index contributed by atoms with van der Waals surface area (Å²) in [6.07, 6.45) is 10.6. The van der Waals surface area contributed by atoms with Crippen LogP contribution in [0.15, 0.2) is 18.2 Å². The molecule has 19 heavy (non-hydrogen) atoms. The van der Waals surface area contributed by atoms with E-state index >= 15 is 0 Å². The highest BCUT2D eigenvalue weighted by Gasteiger charge is 2.19. The molecule has 0 saturated heterocycles. The molecule has 2 nitrogen and oxygen atoms in total. The maximum absolute atomic E-state index is 11.9. The minimum atomic E-state index is 0.285. The van der Waals surface area contributed by atoms with Crippen LogP contribution in [0.25, 0.3) is 0 Å². The lowest BCUT2D eigenvalue weighted by Crippen LogP contribution is -2.16. The van der Waals surface area contributed by atoms with E-state index in [1.165, 1.54) is 31.2 Å². The Morgan fingerprint density at radius 2 is 1.74 bits per heavy atom. The molecule has 0 aromatic heterocycles. The van der Waals surface area contributed by atoms with E-state index in [1.54, 1.807) is 0 Å². The lowest BCUT2D eigenvalue weighted by molar-refractivity contribution is 0.0971. The van der Waals surface area contributed by atoms with E-state index < -0.39 is 0 Å². The number of carbonyl (C=O) groups excluding carboxylic acids is 1. The molecule has 0 radical (unpaired) electrons. The SMILES string of the molecule is O=C1CCCc2ccc(OC3CCCCCC3)cc21. The third-order valence-electron chi connectivity index (χ3n) is 4.34. The van der Waals surface area contributed by atoms with Crippen LogP contribution in [-0.2, 0) is 6.42 Å². The number of fused-ring (bicyclic) bond motifs is 1. The van der Waals surface area contributed by atoms with Crippen molar-refractivity contribution in [1.82, 2.24) is 0 Å².